The molecule has 4 nitrogen and oxygen atoms in total. The Hall–Kier alpha value is -3.00. The van der Waals surface area contributed by atoms with Crippen LogP contribution in [0.25, 0.3) is 5.57 Å². The highest BCUT2D eigenvalue weighted by Gasteiger charge is 2.42. The molecular formula is C33H31Cl2F3N2O2. The molecule has 42 heavy (non-hydrogen) atoms. The molecule has 3 aromatic rings. The van der Waals surface area contributed by atoms with Crippen molar-refractivity contribution in [3.8, 4) is 5.75 Å². The lowest BCUT2D eigenvalue weighted by Crippen LogP contribution is -2.44. The smallest absolute Gasteiger partial charge is 0.252 e. The fraction of sp³-hybridized carbons (Fsp3) is 0.364. The van der Waals surface area contributed by atoms with E-state index in [4.69, 9.17) is 27.9 Å². The predicted octanol–water partition coefficient (Wildman–Crippen LogP) is 7.89. The van der Waals surface area contributed by atoms with Crippen molar-refractivity contribution < 1.29 is 22.7 Å². The second kappa shape index (κ2) is 12.3. The van der Waals surface area contributed by atoms with Gasteiger partial charge in [0.15, 0.2) is 17.4 Å². The van der Waals surface area contributed by atoms with Crippen molar-refractivity contribution >= 4 is 34.7 Å². The molecular weight excluding hydrogens is 584 g/mol. The highest BCUT2D eigenvalue weighted by Crippen LogP contribution is 2.41. The normalized spacial score (nSPS) is 19.7. The molecule has 1 aliphatic carbocycles. The molecule has 2 fully saturated rings. The van der Waals surface area contributed by atoms with E-state index in [1.807, 2.05) is 41.3 Å². The van der Waals surface area contributed by atoms with Crippen LogP contribution in [0, 0.1) is 17.5 Å². The average Bonchev–Trinajstić information content (AvgIpc) is 3.77. The third kappa shape index (κ3) is 6.05. The Morgan fingerprint density at radius 1 is 0.952 bits per heavy atom. The van der Waals surface area contributed by atoms with Crippen LogP contribution < -0.4 is 10.1 Å². The summed E-state index contributed by atoms with van der Waals surface area (Å²) in [4.78, 5) is 16.2. The number of hydrogen-bond acceptors (Lipinski definition) is 3. The van der Waals surface area contributed by atoms with Crippen LogP contribution in [0.2, 0.25) is 10.0 Å². The molecule has 2 aliphatic heterocycles. The summed E-state index contributed by atoms with van der Waals surface area (Å²) in [5.41, 5.74) is 4.83. The fourth-order valence-corrected chi connectivity index (χ4v) is 6.43. The van der Waals surface area contributed by atoms with Gasteiger partial charge in [0.2, 0.25) is 5.82 Å². The van der Waals surface area contributed by atoms with E-state index in [1.165, 1.54) is 0 Å². The van der Waals surface area contributed by atoms with E-state index in [9.17, 15) is 18.0 Å². The summed E-state index contributed by atoms with van der Waals surface area (Å²) in [6.45, 7) is 0.464. The first-order chi connectivity index (χ1) is 20.3. The van der Waals surface area contributed by atoms with Crippen molar-refractivity contribution in [1.29, 1.82) is 0 Å². The number of ether oxygens (including phenoxy) is 1. The monoisotopic (exact) mass is 614 g/mol. The molecule has 1 N–H and O–H groups in total. The van der Waals surface area contributed by atoms with Crippen LogP contribution in [-0.4, -0.2) is 35.5 Å². The first kappa shape index (κ1) is 29.1. The molecule has 220 valence electrons. The number of fused-ring (bicyclic) bond motifs is 2. The Balaban J connectivity index is 1.18. The average molecular weight is 616 g/mol. The summed E-state index contributed by atoms with van der Waals surface area (Å²) in [6.07, 6.45) is 5.81. The molecule has 2 atom stereocenters. The molecule has 0 aromatic heterocycles. The van der Waals surface area contributed by atoms with Crippen LogP contribution in [0.3, 0.4) is 0 Å². The number of rotatable bonds is 10. The van der Waals surface area contributed by atoms with E-state index in [-0.39, 0.29) is 24.6 Å². The summed E-state index contributed by atoms with van der Waals surface area (Å²) in [5, 5.41) is 4.62. The number of benzene rings is 3. The van der Waals surface area contributed by atoms with E-state index in [0.29, 0.717) is 35.5 Å². The predicted molar refractivity (Wildman–Crippen MR) is 158 cm³/mol. The van der Waals surface area contributed by atoms with E-state index in [2.05, 4.69) is 5.32 Å². The molecule has 3 aliphatic rings. The molecule has 0 radical (unpaired) electrons. The van der Waals surface area contributed by atoms with Crippen molar-refractivity contribution in [1.82, 2.24) is 10.2 Å². The van der Waals surface area contributed by atoms with Gasteiger partial charge in [-0.1, -0.05) is 59.6 Å². The number of hydrogen-bond donors (Lipinski definition) is 1. The highest BCUT2D eigenvalue weighted by molar-refractivity contribution is 6.42. The lowest BCUT2D eigenvalue weighted by atomic mass is 9.88. The largest absolute Gasteiger partial charge is 0.488 e. The van der Waals surface area contributed by atoms with Crippen LogP contribution in [0.15, 0.2) is 60.2 Å². The van der Waals surface area contributed by atoms with Crippen LogP contribution >= 0.6 is 23.2 Å². The molecule has 2 heterocycles. The summed E-state index contributed by atoms with van der Waals surface area (Å²) in [5.74, 6) is -4.02. The van der Waals surface area contributed by atoms with Crippen LogP contribution in [0.5, 0.6) is 5.75 Å². The van der Waals surface area contributed by atoms with Crippen molar-refractivity contribution in [2.45, 2.75) is 69.6 Å². The minimum atomic E-state index is -1.31. The Morgan fingerprint density at radius 3 is 2.48 bits per heavy atom. The second-order valence-corrected chi connectivity index (χ2v) is 12.1. The summed E-state index contributed by atoms with van der Waals surface area (Å²) in [6, 6.07) is 15.8. The zero-order valence-corrected chi connectivity index (χ0v) is 24.5. The van der Waals surface area contributed by atoms with Crippen LogP contribution in [0.4, 0.5) is 13.2 Å². The van der Waals surface area contributed by atoms with Gasteiger partial charge in [0.1, 0.15) is 0 Å². The van der Waals surface area contributed by atoms with Crippen LogP contribution in [0.1, 0.15) is 55.2 Å². The van der Waals surface area contributed by atoms with Gasteiger partial charge in [-0.2, -0.15) is 4.39 Å². The highest BCUT2D eigenvalue weighted by atomic mass is 35.5. The summed E-state index contributed by atoms with van der Waals surface area (Å²) in [7, 11) is 0. The van der Waals surface area contributed by atoms with Gasteiger partial charge in [0.05, 0.1) is 16.7 Å². The Labute approximate surface area is 253 Å². The van der Waals surface area contributed by atoms with Gasteiger partial charge in [-0.05, 0) is 85.4 Å². The number of nitrogens with zero attached hydrogens (tertiary/aromatic N) is 1. The SMILES string of the molecule is O=C(C1=C(c2ccc(CCCOc3c(F)ccc(F)c3F)cc2)C[C@@H]2CCC1N2)N(Cc1cccc(Cl)c1Cl)C1CC1. The van der Waals surface area contributed by atoms with Crippen LogP contribution in [-0.2, 0) is 17.8 Å². The summed E-state index contributed by atoms with van der Waals surface area (Å²) >= 11 is 12.8. The molecule has 3 aromatic carbocycles. The molecule has 1 unspecified atom stereocenters. The minimum Gasteiger partial charge on any atom is -0.488 e. The lowest BCUT2D eigenvalue weighted by Gasteiger charge is -2.32. The second-order valence-electron chi connectivity index (χ2n) is 11.3. The fourth-order valence-electron chi connectivity index (χ4n) is 6.05. The third-order valence-corrected chi connectivity index (χ3v) is 9.23. The van der Waals surface area contributed by atoms with Gasteiger partial charge in [-0.15, -0.1) is 0 Å². The molecule has 2 bridgehead atoms. The maximum absolute atomic E-state index is 14.2. The summed E-state index contributed by atoms with van der Waals surface area (Å²) < 4.78 is 46.3. The zero-order chi connectivity index (χ0) is 29.4. The van der Waals surface area contributed by atoms with Gasteiger partial charge in [-0.25, -0.2) is 8.78 Å². The molecule has 9 heteroatoms. The Bertz CT molecular complexity index is 1520. The molecule has 6 rings (SSSR count). The Kier molecular flexibility index (Phi) is 8.53. The minimum absolute atomic E-state index is 0.0165. The number of nitrogens with one attached hydrogen (secondary N) is 1. The van der Waals surface area contributed by atoms with E-state index in [0.717, 1.165) is 72.1 Å². The molecule has 1 saturated carbocycles. The van der Waals surface area contributed by atoms with E-state index >= 15 is 0 Å². The van der Waals surface area contributed by atoms with E-state index in [1.54, 1.807) is 6.07 Å². The lowest BCUT2D eigenvalue weighted by molar-refractivity contribution is -0.128. The van der Waals surface area contributed by atoms with Gasteiger partial charge in [0, 0.05) is 30.2 Å². The number of carbonyl (C=O) groups is 1. The first-order valence-corrected chi connectivity index (χ1v) is 15.1. The van der Waals surface area contributed by atoms with Crippen molar-refractivity contribution in [2.75, 3.05) is 6.61 Å². The van der Waals surface area contributed by atoms with Gasteiger partial charge < -0.3 is 15.0 Å². The molecule has 0 spiro atoms. The quantitative estimate of drug-likeness (QED) is 0.186. The maximum atomic E-state index is 14.2. The zero-order valence-electron chi connectivity index (χ0n) is 22.9. The van der Waals surface area contributed by atoms with Gasteiger partial charge in [0.25, 0.3) is 5.91 Å². The van der Waals surface area contributed by atoms with Crippen molar-refractivity contribution in [2.24, 2.45) is 0 Å². The molecule has 1 amide bonds. The Morgan fingerprint density at radius 2 is 1.71 bits per heavy atom. The van der Waals surface area contributed by atoms with Gasteiger partial charge >= 0.3 is 0 Å². The first-order valence-electron chi connectivity index (χ1n) is 14.4. The number of halogens is 5. The topological polar surface area (TPSA) is 41.6 Å². The number of aryl methyl sites for hydroxylation is 1. The van der Waals surface area contributed by atoms with Gasteiger partial charge in [-0.3, -0.25) is 4.79 Å². The standard InChI is InChI=1S/C33H31Cl2F3N2O2/c34-25-5-1-4-21(30(25)35)18-40(23-11-12-23)33(41)29-24(17-22-10-15-28(29)39-22)20-8-6-19(7-9-20)3-2-16-42-32-27(37)14-13-26(36)31(32)38/h1,4-9,13-14,22-23,28,39H,2-3,10-12,15-18H2/t22-,28?/m0/s1. The number of carbonyl (C=O) groups excluding carboxylic acids is 1. The van der Waals surface area contributed by atoms with Crippen molar-refractivity contribution in [3.05, 3.63) is 104 Å². The molecule has 1 saturated heterocycles. The van der Waals surface area contributed by atoms with Crippen molar-refractivity contribution in [3.63, 3.8) is 0 Å². The number of amides is 1. The van der Waals surface area contributed by atoms with E-state index < -0.39 is 23.2 Å². The third-order valence-electron chi connectivity index (χ3n) is 8.38. The maximum Gasteiger partial charge on any atom is 0.252 e.